The second kappa shape index (κ2) is 13.3. The Morgan fingerprint density at radius 1 is 0.634 bits per heavy atom. The molecule has 0 atom stereocenters. The van der Waals surface area contributed by atoms with Crippen molar-refractivity contribution in [2.24, 2.45) is 0 Å². The number of benzene rings is 2. The molecule has 0 radical (unpaired) electrons. The highest BCUT2D eigenvalue weighted by Crippen LogP contribution is 2.43. The second-order valence-corrected chi connectivity index (χ2v) is 9.37. The zero-order valence-electron chi connectivity index (χ0n) is 24.7. The fourth-order valence-electron chi connectivity index (χ4n) is 4.98. The molecule has 0 spiro atoms. The molecular weight excluding hydrogens is 524 g/mol. The fourth-order valence-corrected chi connectivity index (χ4v) is 4.98. The number of hydrogen-bond donors (Lipinski definition) is 2. The van der Waals surface area contributed by atoms with Crippen LogP contribution in [0.3, 0.4) is 0 Å². The fraction of sp³-hybridized carbons (Fsp3) is 0.419. The van der Waals surface area contributed by atoms with Crippen LogP contribution in [0.4, 0.5) is 11.6 Å². The monoisotopic (exact) mass is 564 g/mol. The first-order chi connectivity index (χ1) is 19.9. The molecule has 2 aromatic heterocycles. The van der Waals surface area contributed by atoms with E-state index < -0.39 is 0 Å². The van der Waals surface area contributed by atoms with E-state index >= 15 is 0 Å². The minimum Gasteiger partial charge on any atom is -0.507 e. The second-order valence-electron chi connectivity index (χ2n) is 9.37. The molecule has 2 N–H and O–H groups in total. The van der Waals surface area contributed by atoms with Crippen molar-refractivity contribution in [2.75, 3.05) is 49.2 Å². The molecule has 0 bridgehead atoms. The Balaban J connectivity index is 1.91. The number of phenolic OH excluding ortho intramolecular Hbond substituents is 2. The van der Waals surface area contributed by atoms with E-state index in [-0.39, 0.29) is 11.5 Å². The summed E-state index contributed by atoms with van der Waals surface area (Å²) in [5.41, 5.74) is 2.55. The highest BCUT2D eigenvalue weighted by atomic mass is 16.5. The third-order valence-electron chi connectivity index (χ3n) is 7.06. The van der Waals surface area contributed by atoms with Gasteiger partial charge in [-0.2, -0.15) is 0 Å². The zero-order chi connectivity index (χ0) is 29.5. The smallest absolute Gasteiger partial charge is 0.176 e. The van der Waals surface area contributed by atoms with Crippen LogP contribution in [0.1, 0.15) is 52.7 Å². The van der Waals surface area contributed by atoms with E-state index in [1.54, 1.807) is 36.4 Å². The molecule has 0 unspecified atom stereocenters. The van der Waals surface area contributed by atoms with Gasteiger partial charge in [-0.15, -0.1) is 0 Å². The van der Waals surface area contributed by atoms with Gasteiger partial charge in [-0.3, -0.25) is 0 Å². The lowest BCUT2D eigenvalue weighted by Crippen LogP contribution is -2.24. The average molecular weight is 565 g/mol. The van der Waals surface area contributed by atoms with E-state index in [1.807, 2.05) is 13.8 Å². The Morgan fingerprint density at radius 3 is 1.34 bits per heavy atom. The molecule has 2 heterocycles. The molecule has 41 heavy (non-hydrogen) atoms. The van der Waals surface area contributed by atoms with Crippen LogP contribution in [0.25, 0.3) is 22.6 Å². The molecule has 220 valence electrons. The van der Waals surface area contributed by atoms with Gasteiger partial charge >= 0.3 is 0 Å². The molecule has 0 aliphatic heterocycles. The van der Waals surface area contributed by atoms with Crippen molar-refractivity contribution in [3.63, 3.8) is 0 Å². The Morgan fingerprint density at radius 2 is 1.02 bits per heavy atom. The van der Waals surface area contributed by atoms with Crippen molar-refractivity contribution in [3.8, 4) is 45.6 Å². The number of aromatic hydroxyl groups is 2. The van der Waals surface area contributed by atoms with Gasteiger partial charge in [-0.1, -0.05) is 10.3 Å². The molecule has 0 saturated carbocycles. The summed E-state index contributed by atoms with van der Waals surface area (Å²) in [4.78, 5) is 4.21. The maximum absolute atomic E-state index is 11.0. The number of ether oxygens (including phenoxy) is 2. The average Bonchev–Trinajstić information content (AvgIpc) is 3.56. The summed E-state index contributed by atoms with van der Waals surface area (Å²) in [6.07, 6.45) is 0.328. The van der Waals surface area contributed by atoms with E-state index in [1.165, 1.54) is 0 Å². The van der Waals surface area contributed by atoms with E-state index in [9.17, 15) is 10.2 Å². The molecule has 0 aliphatic carbocycles. The third-order valence-corrected chi connectivity index (χ3v) is 7.06. The van der Waals surface area contributed by atoms with Crippen molar-refractivity contribution in [2.45, 2.75) is 48.0 Å². The standard InChI is InChI=1S/C31H40N4O6/c1-7-34(8-2)30-24(28(40-32-30)22-15-13-20(38-11-5)17-26(22)36)19-25-29(41-33-31(25)35(9-3)10-4)23-16-14-21(39-12-6)18-27(23)37/h13-18,36-37H,7-12,19H2,1-6H3. The van der Waals surface area contributed by atoms with Gasteiger partial charge in [0.15, 0.2) is 23.2 Å². The van der Waals surface area contributed by atoms with Crippen LogP contribution in [-0.2, 0) is 6.42 Å². The molecule has 2 aromatic carbocycles. The van der Waals surface area contributed by atoms with Crippen LogP contribution >= 0.6 is 0 Å². The predicted octanol–water partition coefficient (Wildman–Crippen LogP) is 6.49. The molecule has 10 heteroatoms. The lowest BCUT2D eigenvalue weighted by Gasteiger charge is -2.21. The summed E-state index contributed by atoms with van der Waals surface area (Å²) in [6, 6.07) is 10.3. The van der Waals surface area contributed by atoms with E-state index in [0.29, 0.717) is 91.6 Å². The molecule has 0 amide bonds. The van der Waals surface area contributed by atoms with Gasteiger partial charge in [0.05, 0.1) is 24.3 Å². The van der Waals surface area contributed by atoms with Gasteiger partial charge in [0.1, 0.15) is 23.0 Å². The van der Waals surface area contributed by atoms with Crippen LogP contribution in [0.5, 0.6) is 23.0 Å². The number of nitrogens with zero attached hydrogens (tertiary/aromatic N) is 4. The van der Waals surface area contributed by atoms with Crippen molar-refractivity contribution >= 4 is 11.6 Å². The maximum atomic E-state index is 11.0. The number of phenols is 2. The minimum atomic E-state index is 0.0260. The molecular formula is C31H40N4O6. The summed E-state index contributed by atoms with van der Waals surface area (Å²) in [6.45, 7) is 15.8. The van der Waals surface area contributed by atoms with Gasteiger partial charge in [-0.25, -0.2) is 0 Å². The first-order valence-corrected chi connectivity index (χ1v) is 14.3. The van der Waals surface area contributed by atoms with Crippen LogP contribution in [0.15, 0.2) is 45.4 Å². The molecule has 4 rings (SSSR count). The van der Waals surface area contributed by atoms with Crippen molar-refractivity contribution < 1.29 is 28.7 Å². The van der Waals surface area contributed by atoms with Crippen LogP contribution < -0.4 is 19.3 Å². The summed E-state index contributed by atoms with van der Waals surface area (Å²) in [5.74, 6) is 3.42. The Labute approximate surface area is 241 Å². The van der Waals surface area contributed by atoms with Crippen molar-refractivity contribution in [1.29, 1.82) is 0 Å². The number of anilines is 2. The third kappa shape index (κ3) is 6.06. The largest absolute Gasteiger partial charge is 0.507 e. The number of aromatic nitrogens is 2. The van der Waals surface area contributed by atoms with Crippen LogP contribution in [-0.4, -0.2) is 59.9 Å². The first-order valence-electron chi connectivity index (χ1n) is 14.3. The summed E-state index contributed by atoms with van der Waals surface area (Å²) in [5, 5.41) is 30.9. The molecule has 0 aliphatic rings. The zero-order valence-corrected chi connectivity index (χ0v) is 24.7. The van der Waals surface area contributed by atoms with Crippen molar-refractivity contribution in [1.82, 2.24) is 10.3 Å². The maximum Gasteiger partial charge on any atom is 0.176 e. The lowest BCUT2D eigenvalue weighted by atomic mass is 9.97. The highest BCUT2D eigenvalue weighted by molar-refractivity contribution is 5.78. The summed E-state index contributed by atoms with van der Waals surface area (Å²) in [7, 11) is 0. The molecule has 0 fully saturated rings. The normalized spacial score (nSPS) is 11.1. The van der Waals surface area contributed by atoms with Crippen LogP contribution in [0, 0.1) is 0 Å². The SMILES string of the molecule is CCOc1ccc(-c2onc(N(CC)CC)c2Cc2c(N(CC)CC)noc2-c2ccc(OCC)cc2O)c(O)c1. The van der Waals surface area contributed by atoms with Gasteiger partial charge in [0, 0.05) is 55.9 Å². The molecule has 10 nitrogen and oxygen atoms in total. The molecule has 4 aromatic rings. The van der Waals surface area contributed by atoms with Gasteiger partial charge in [0.2, 0.25) is 0 Å². The number of rotatable bonds is 14. The van der Waals surface area contributed by atoms with Gasteiger partial charge in [-0.05, 0) is 65.8 Å². The highest BCUT2D eigenvalue weighted by Gasteiger charge is 2.29. The lowest BCUT2D eigenvalue weighted by molar-refractivity contribution is 0.337. The Bertz CT molecular complexity index is 1330. The minimum absolute atomic E-state index is 0.0260. The van der Waals surface area contributed by atoms with Gasteiger partial charge < -0.3 is 38.5 Å². The van der Waals surface area contributed by atoms with Crippen molar-refractivity contribution in [3.05, 3.63) is 47.5 Å². The first kappa shape index (κ1) is 29.6. The summed E-state index contributed by atoms with van der Waals surface area (Å²) >= 11 is 0. The summed E-state index contributed by atoms with van der Waals surface area (Å²) < 4.78 is 23.0. The molecule has 0 saturated heterocycles. The number of hydrogen-bond acceptors (Lipinski definition) is 10. The Hall–Kier alpha value is -4.34. The van der Waals surface area contributed by atoms with E-state index in [4.69, 9.17) is 18.5 Å². The quantitative estimate of drug-likeness (QED) is 0.176. The topological polar surface area (TPSA) is 117 Å². The van der Waals surface area contributed by atoms with E-state index in [0.717, 1.165) is 11.1 Å². The Kier molecular flexibility index (Phi) is 9.65. The predicted molar refractivity (Wildman–Crippen MR) is 159 cm³/mol. The van der Waals surface area contributed by atoms with Gasteiger partial charge in [0.25, 0.3) is 0 Å². The van der Waals surface area contributed by atoms with E-state index in [2.05, 4.69) is 47.8 Å². The van der Waals surface area contributed by atoms with Crippen LogP contribution in [0.2, 0.25) is 0 Å².